The molecule has 7 nitrogen and oxygen atoms in total. The van der Waals surface area contributed by atoms with Crippen LogP contribution in [0.15, 0.2) is 30.6 Å². The van der Waals surface area contributed by atoms with Crippen molar-refractivity contribution in [1.82, 2.24) is 19.8 Å². The number of para-hydroxylation sites is 1. The van der Waals surface area contributed by atoms with Gasteiger partial charge in [-0.3, -0.25) is 0 Å². The number of ether oxygens (including phenoxy) is 2. The van der Waals surface area contributed by atoms with Gasteiger partial charge in [-0.05, 0) is 25.0 Å². The molecule has 3 heterocycles. The molecule has 0 bridgehead atoms. The Morgan fingerprint density at radius 2 is 2.33 bits per heavy atom. The predicted octanol–water partition coefficient (Wildman–Crippen LogP) is 2.11. The van der Waals surface area contributed by atoms with Crippen LogP contribution in [0.5, 0.6) is 11.5 Å². The Morgan fingerprint density at radius 1 is 1.42 bits per heavy atom. The normalized spacial score (nSPS) is 16.5. The second-order valence-corrected chi connectivity index (χ2v) is 5.81. The fourth-order valence-corrected chi connectivity index (χ4v) is 3.03. The average Bonchev–Trinajstić information content (AvgIpc) is 3.09. The molecule has 2 aromatic heterocycles. The Bertz CT molecular complexity index is 877. The lowest BCUT2D eigenvalue weighted by Gasteiger charge is -2.28. The van der Waals surface area contributed by atoms with E-state index in [2.05, 4.69) is 33.6 Å². The molecule has 0 fully saturated rings. The third-order valence-corrected chi connectivity index (χ3v) is 4.22. The first kappa shape index (κ1) is 14.7. The Balaban J connectivity index is 1.62. The van der Waals surface area contributed by atoms with Crippen molar-refractivity contribution >= 4 is 11.3 Å². The SMILES string of the molecule is CCc1cc(NC2COc3c(cccc3OC)C2)c2nncn2n1. The van der Waals surface area contributed by atoms with E-state index in [9.17, 15) is 0 Å². The Hall–Kier alpha value is -2.83. The molecule has 124 valence electrons. The summed E-state index contributed by atoms with van der Waals surface area (Å²) in [5, 5.41) is 16.1. The Labute approximate surface area is 139 Å². The molecule has 0 radical (unpaired) electrons. The van der Waals surface area contributed by atoms with Crippen molar-refractivity contribution in [1.29, 1.82) is 0 Å². The highest BCUT2D eigenvalue weighted by Crippen LogP contribution is 2.35. The van der Waals surface area contributed by atoms with Crippen LogP contribution >= 0.6 is 0 Å². The van der Waals surface area contributed by atoms with Crippen LogP contribution in [-0.2, 0) is 12.8 Å². The highest BCUT2D eigenvalue weighted by molar-refractivity contribution is 5.67. The first-order chi connectivity index (χ1) is 11.8. The minimum absolute atomic E-state index is 0.150. The summed E-state index contributed by atoms with van der Waals surface area (Å²) in [6.45, 7) is 2.64. The van der Waals surface area contributed by atoms with Gasteiger partial charge < -0.3 is 14.8 Å². The van der Waals surface area contributed by atoms with Crippen LogP contribution in [-0.4, -0.2) is 39.6 Å². The molecule has 3 aromatic rings. The highest BCUT2D eigenvalue weighted by atomic mass is 16.5. The number of rotatable bonds is 4. The molecule has 0 aliphatic carbocycles. The van der Waals surface area contributed by atoms with E-state index in [4.69, 9.17) is 9.47 Å². The molecular formula is C17H19N5O2. The predicted molar refractivity (Wildman–Crippen MR) is 89.8 cm³/mol. The van der Waals surface area contributed by atoms with Crippen LogP contribution in [0.1, 0.15) is 18.2 Å². The molecule has 24 heavy (non-hydrogen) atoms. The topological polar surface area (TPSA) is 73.6 Å². The number of nitrogens with zero attached hydrogens (tertiary/aromatic N) is 4. The molecule has 0 spiro atoms. The largest absolute Gasteiger partial charge is 0.493 e. The fraction of sp³-hybridized carbons (Fsp3) is 0.353. The van der Waals surface area contributed by atoms with Crippen molar-refractivity contribution in [3.8, 4) is 11.5 Å². The summed E-state index contributed by atoms with van der Waals surface area (Å²) < 4.78 is 13.0. The van der Waals surface area contributed by atoms with Crippen LogP contribution in [0.25, 0.3) is 5.65 Å². The second kappa shape index (κ2) is 5.99. The molecule has 1 aliphatic heterocycles. The minimum atomic E-state index is 0.150. The van der Waals surface area contributed by atoms with Crippen molar-refractivity contribution in [2.24, 2.45) is 0 Å². The number of aryl methyl sites for hydroxylation is 1. The van der Waals surface area contributed by atoms with E-state index in [1.54, 1.807) is 18.0 Å². The van der Waals surface area contributed by atoms with Crippen LogP contribution in [0.4, 0.5) is 5.69 Å². The Kier molecular flexibility index (Phi) is 3.68. The van der Waals surface area contributed by atoms with Gasteiger partial charge in [-0.25, -0.2) is 0 Å². The van der Waals surface area contributed by atoms with Gasteiger partial charge in [0.05, 0.1) is 24.5 Å². The summed E-state index contributed by atoms with van der Waals surface area (Å²) in [4.78, 5) is 0. The zero-order chi connectivity index (χ0) is 16.5. The molecule has 1 unspecified atom stereocenters. The molecule has 0 amide bonds. The van der Waals surface area contributed by atoms with E-state index in [0.717, 1.165) is 46.9 Å². The summed E-state index contributed by atoms with van der Waals surface area (Å²) in [6, 6.07) is 8.16. The van der Waals surface area contributed by atoms with E-state index in [0.29, 0.717) is 6.61 Å². The number of aromatic nitrogens is 4. The van der Waals surface area contributed by atoms with Gasteiger partial charge in [0, 0.05) is 5.56 Å². The lowest BCUT2D eigenvalue weighted by molar-refractivity contribution is 0.256. The van der Waals surface area contributed by atoms with Gasteiger partial charge in [0.25, 0.3) is 0 Å². The van der Waals surface area contributed by atoms with Crippen LogP contribution in [0.3, 0.4) is 0 Å². The van der Waals surface area contributed by atoms with Gasteiger partial charge in [0.2, 0.25) is 5.65 Å². The molecule has 0 saturated carbocycles. The maximum Gasteiger partial charge on any atom is 0.200 e. The monoisotopic (exact) mass is 325 g/mol. The molecule has 1 aliphatic rings. The summed E-state index contributed by atoms with van der Waals surface area (Å²) in [6.07, 6.45) is 3.33. The molecule has 1 atom stereocenters. The van der Waals surface area contributed by atoms with E-state index in [-0.39, 0.29) is 6.04 Å². The molecule has 1 aromatic carbocycles. The van der Waals surface area contributed by atoms with Crippen molar-refractivity contribution < 1.29 is 9.47 Å². The summed E-state index contributed by atoms with van der Waals surface area (Å²) in [5.74, 6) is 1.62. The van der Waals surface area contributed by atoms with Crippen LogP contribution in [0, 0.1) is 0 Å². The first-order valence-electron chi connectivity index (χ1n) is 8.03. The minimum Gasteiger partial charge on any atom is -0.493 e. The van der Waals surface area contributed by atoms with E-state index in [1.165, 1.54) is 0 Å². The fourth-order valence-electron chi connectivity index (χ4n) is 3.03. The zero-order valence-corrected chi connectivity index (χ0v) is 13.7. The van der Waals surface area contributed by atoms with Gasteiger partial charge in [-0.2, -0.15) is 9.61 Å². The summed E-state index contributed by atoms with van der Waals surface area (Å²) >= 11 is 0. The smallest absolute Gasteiger partial charge is 0.200 e. The number of anilines is 1. The van der Waals surface area contributed by atoms with Crippen LogP contribution < -0.4 is 14.8 Å². The van der Waals surface area contributed by atoms with E-state index >= 15 is 0 Å². The van der Waals surface area contributed by atoms with E-state index < -0.39 is 0 Å². The van der Waals surface area contributed by atoms with Gasteiger partial charge in [-0.1, -0.05) is 19.1 Å². The number of methoxy groups -OCH3 is 1. The zero-order valence-electron chi connectivity index (χ0n) is 13.7. The first-order valence-corrected chi connectivity index (χ1v) is 8.03. The number of hydrogen-bond donors (Lipinski definition) is 1. The van der Waals surface area contributed by atoms with Gasteiger partial charge in [0.15, 0.2) is 11.5 Å². The maximum atomic E-state index is 5.93. The van der Waals surface area contributed by atoms with Crippen molar-refractivity contribution in [2.45, 2.75) is 25.8 Å². The molecule has 0 saturated heterocycles. The van der Waals surface area contributed by atoms with Crippen molar-refractivity contribution in [3.63, 3.8) is 0 Å². The lowest BCUT2D eigenvalue weighted by Crippen LogP contribution is -2.33. The summed E-state index contributed by atoms with van der Waals surface area (Å²) in [7, 11) is 1.66. The van der Waals surface area contributed by atoms with E-state index in [1.807, 2.05) is 18.2 Å². The highest BCUT2D eigenvalue weighted by Gasteiger charge is 2.23. The molecular weight excluding hydrogens is 306 g/mol. The number of hydrogen-bond acceptors (Lipinski definition) is 6. The van der Waals surface area contributed by atoms with Gasteiger partial charge in [0.1, 0.15) is 12.9 Å². The molecule has 1 N–H and O–H groups in total. The lowest BCUT2D eigenvalue weighted by atomic mass is 10.0. The molecule has 4 rings (SSSR count). The summed E-state index contributed by atoms with van der Waals surface area (Å²) in [5.41, 5.74) is 3.78. The number of nitrogens with one attached hydrogen (secondary N) is 1. The van der Waals surface area contributed by atoms with Crippen molar-refractivity contribution in [3.05, 3.63) is 41.9 Å². The van der Waals surface area contributed by atoms with Crippen molar-refractivity contribution in [2.75, 3.05) is 19.0 Å². The number of benzene rings is 1. The average molecular weight is 325 g/mol. The standard InChI is InChI=1S/C17H19N5O2/c1-3-12-8-14(17-20-18-10-22(17)21-12)19-13-7-11-5-4-6-15(23-2)16(11)24-9-13/h4-6,8,10,13,19H,3,7,9H2,1-2H3. The number of fused-ring (bicyclic) bond motifs is 2. The van der Waals surface area contributed by atoms with Gasteiger partial charge >= 0.3 is 0 Å². The second-order valence-electron chi connectivity index (χ2n) is 5.81. The third kappa shape index (κ3) is 2.51. The third-order valence-electron chi connectivity index (χ3n) is 4.22. The van der Waals surface area contributed by atoms with Crippen LogP contribution in [0.2, 0.25) is 0 Å². The Morgan fingerprint density at radius 3 is 3.17 bits per heavy atom. The maximum absolute atomic E-state index is 5.93. The molecule has 7 heteroatoms. The quantitative estimate of drug-likeness (QED) is 0.792. The van der Waals surface area contributed by atoms with Gasteiger partial charge in [-0.15, -0.1) is 10.2 Å².